The third-order valence-electron chi connectivity index (χ3n) is 4.96. The van der Waals surface area contributed by atoms with E-state index in [1.165, 1.54) is 54.6 Å². The molecular formula is C25H19FN2O4S. The number of aromatic hydroxyl groups is 1. The lowest BCUT2D eigenvalue weighted by Gasteiger charge is -2.03. The molecule has 0 spiro atoms. The van der Waals surface area contributed by atoms with E-state index in [4.69, 9.17) is 0 Å². The number of carbonyl (C=O) groups excluding carboxylic acids is 1. The van der Waals surface area contributed by atoms with Crippen LogP contribution in [0.25, 0.3) is 23.0 Å². The molecule has 166 valence electrons. The van der Waals surface area contributed by atoms with Gasteiger partial charge >= 0.3 is 0 Å². The van der Waals surface area contributed by atoms with Crippen LogP contribution in [-0.4, -0.2) is 35.3 Å². The van der Waals surface area contributed by atoms with E-state index >= 15 is 0 Å². The van der Waals surface area contributed by atoms with Crippen molar-refractivity contribution >= 4 is 21.7 Å². The maximum Gasteiger partial charge on any atom is 0.185 e. The van der Waals surface area contributed by atoms with Crippen LogP contribution >= 0.6 is 0 Å². The van der Waals surface area contributed by atoms with E-state index < -0.39 is 9.84 Å². The number of hydrogen-bond acceptors (Lipinski definition) is 5. The van der Waals surface area contributed by atoms with Crippen molar-refractivity contribution in [2.24, 2.45) is 0 Å². The Morgan fingerprint density at radius 3 is 2.21 bits per heavy atom. The second kappa shape index (κ2) is 8.84. The molecule has 0 aliphatic carbocycles. The molecule has 0 aliphatic heterocycles. The molecule has 0 saturated heterocycles. The largest absolute Gasteiger partial charge is 0.508 e. The first-order chi connectivity index (χ1) is 15.7. The summed E-state index contributed by atoms with van der Waals surface area (Å²) in [5.41, 5.74) is 2.82. The van der Waals surface area contributed by atoms with Crippen molar-refractivity contribution in [3.8, 4) is 22.7 Å². The van der Waals surface area contributed by atoms with Crippen molar-refractivity contribution in [1.82, 2.24) is 9.78 Å². The van der Waals surface area contributed by atoms with E-state index in [1.54, 1.807) is 41.2 Å². The van der Waals surface area contributed by atoms with Crippen molar-refractivity contribution in [1.29, 1.82) is 0 Å². The van der Waals surface area contributed by atoms with Crippen LogP contribution in [-0.2, 0) is 9.84 Å². The molecule has 6 nitrogen and oxygen atoms in total. The molecule has 0 unspecified atom stereocenters. The van der Waals surface area contributed by atoms with Gasteiger partial charge in [-0.25, -0.2) is 17.5 Å². The maximum atomic E-state index is 13.3. The molecule has 1 aromatic heterocycles. The average molecular weight is 463 g/mol. The molecule has 0 fully saturated rings. The summed E-state index contributed by atoms with van der Waals surface area (Å²) in [6, 6.07) is 18.0. The maximum absolute atomic E-state index is 13.3. The Labute approximate surface area is 190 Å². The number of halogens is 1. The summed E-state index contributed by atoms with van der Waals surface area (Å²) in [6.07, 6.45) is 5.84. The Bertz CT molecular complexity index is 1440. The molecule has 3 aromatic carbocycles. The zero-order chi connectivity index (χ0) is 23.6. The number of benzene rings is 3. The van der Waals surface area contributed by atoms with Gasteiger partial charge in [0, 0.05) is 29.1 Å². The molecule has 0 aliphatic rings. The Morgan fingerprint density at radius 2 is 1.61 bits per heavy atom. The lowest BCUT2D eigenvalue weighted by Crippen LogP contribution is -1.97. The fourth-order valence-electron chi connectivity index (χ4n) is 3.21. The van der Waals surface area contributed by atoms with Gasteiger partial charge in [0.25, 0.3) is 0 Å². The number of sulfone groups is 1. The molecule has 0 radical (unpaired) electrons. The number of phenols is 1. The molecule has 0 amide bonds. The van der Waals surface area contributed by atoms with Gasteiger partial charge in [-0.05, 0) is 72.8 Å². The molecule has 4 rings (SSSR count). The van der Waals surface area contributed by atoms with Crippen molar-refractivity contribution in [2.75, 3.05) is 6.26 Å². The molecule has 33 heavy (non-hydrogen) atoms. The number of aromatic nitrogens is 2. The number of allylic oxidation sites excluding steroid dienone is 1. The van der Waals surface area contributed by atoms with Gasteiger partial charge in [0.05, 0.1) is 16.3 Å². The average Bonchev–Trinajstić information content (AvgIpc) is 3.22. The van der Waals surface area contributed by atoms with Gasteiger partial charge in [-0.1, -0.05) is 12.1 Å². The highest BCUT2D eigenvalue weighted by atomic mass is 32.2. The normalized spacial score (nSPS) is 11.7. The van der Waals surface area contributed by atoms with Crippen molar-refractivity contribution in [3.05, 3.63) is 102 Å². The fourth-order valence-corrected chi connectivity index (χ4v) is 3.84. The van der Waals surface area contributed by atoms with Crippen LogP contribution in [0.3, 0.4) is 0 Å². The van der Waals surface area contributed by atoms with E-state index in [-0.39, 0.29) is 22.2 Å². The van der Waals surface area contributed by atoms with Gasteiger partial charge in [-0.15, -0.1) is 0 Å². The molecule has 8 heteroatoms. The quantitative estimate of drug-likeness (QED) is 0.332. The van der Waals surface area contributed by atoms with Crippen molar-refractivity contribution < 1.29 is 22.7 Å². The summed E-state index contributed by atoms with van der Waals surface area (Å²) in [4.78, 5) is 12.7. The van der Waals surface area contributed by atoms with Crippen LogP contribution < -0.4 is 0 Å². The molecule has 1 heterocycles. The predicted molar refractivity (Wildman–Crippen MR) is 124 cm³/mol. The van der Waals surface area contributed by atoms with Crippen molar-refractivity contribution in [2.45, 2.75) is 4.90 Å². The van der Waals surface area contributed by atoms with Crippen LogP contribution in [0.4, 0.5) is 4.39 Å². The first kappa shape index (κ1) is 22.2. The van der Waals surface area contributed by atoms with Crippen LogP contribution in [0.1, 0.15) is 15.9 Å². The standard InChI is InChI=1S/C25H19FN2O4S/c1-33(31,32)23-13-4-18(5-14-23)25-19(6-15-24(30)17-2-11-22(29)12-3-17)16-28(27-25)21-9-7-20(26)8-10-21/h2-16,29H,1H3/b15-6+. The number of carbonyl (C=O) groups is 1. The first-order valence-electron chi connectivity index (χ1n) is 9.88. The molecule has 0 saturated carbocycles. The summed E-state index contributed by atoms with van der Waals surface area (Å²) < 4.78 is 38.5. The van der Waals surface area contributed by atoms with Gasteiger partial charge in [0.2, 0.25) is 0 Å². The molecule has 0 atom stereocenters. The van der Waals surface area contributed by atoms with Gasteiger partial charge in [0.15, 0.2) is 15.6 Å². The molecule has 0 bridgehead atoms. The molecule has 4 aromatic rings. The van der Waals surface area contributed by atoms with Gasteiger partial charge in [-0.2, -0.15) is 5.10 Å². The summed E-state index contributed by atoms with van der Waals surface area (Å²) in [6.45, 7) is 0. The second-order valence-corrected chi connectivity index (χ2v) is 9.41. The summed E-state index contributed by atoms with van der Waals surface area (Å²) >= 11 is 0. The van der Waals surface area contributed by atoms with Crippen LogP contribution in [0, 0.1) is 5.82 Å². The highest BCUT2D eigenvalue weighted by Gasteiger charge is 2.13. The van der Waals surface area contributed by atoms with Crippen LogP contribution in [0.15, 0.2) is 90.0 Å². The summed E-state index contributed by atoms with van der Waals surface area (Å²) in [5, 5.41) is 14.0. The fraction of sp³-hybridized carbons (Fsp3) is 0.0400. The molecular weight excluding hydrogens is 443 g/mol. The van der Waals surface area contributed by atoms with E-state index in [1.807, 2.05) is 0 Å². The van der Waals surface area contributed by atoms with E-state index in [9.17, 15) is 22.7 Å². The number of ketones is 1. The Kier molecular flexibility index (Phi) is 5.93. The minimum absolute atomic E-state index is 0.0657. The smallest absolute Gasteiger partial charge is 0.185 e. The van der Waals surface area contributed by atoms with Crippen molar-refractivity contribution in [3.63, 3.8) is 0 Å². The lowest BCUT2D eigenvalue weighted by molar-refractivity contribution is 0.104. The van der Waals surface area contributed by atoms with Crippen LogP contribution in [0.5, 0.6) is 5.75 Å². The topological polar surface area (TPSA) is 89.3 Å². The second-order valence-electron chi connectivity index (χ2n) is 7.40. The zero-order valence-electron chi connectivity index (χ0n) is 17.5. The summed E-state index contributed by atoms with van der Waals surface area (Å²) in [5.74, 6) is -0.569. The van der Waals surface area contributed by atoms with E-state index in [0.29, 0.717) is 28.1 Å². The summed E-state index contributed by atoms with van der Waals surface area (Å²) in [7, 11) is -3.35. The SMILES string of the molecule is CS(=O)(=O)c1ccc(-c2nn(-c3ccc(F)cc3)cc2/C=C/C(=O)c2ccc(O)cc2)cc1. The first-order valence-corrected chi connectivity index (χ1v) is 11.8. The lowest BCUT2D eigenvalue weighted by atomic mass is 10.1. The minimum Gasteiger partial charge on any atom is -0.508 e. The highest BCUT2D eigenvalue weighted by Crippen LogP contribution is 2.26. The number of phenolic OH excluding ortho intramolecular Hbond substituents is 1. The van der Waals surface area contributed by atoms with Gasteiger partial charge in [0.1, 0.15) is 11.6 Å². The van der Waals surface area contributed by atoms with Gasteiger partial charge < -0.3 is 5.11 Å². The Hall–Kier alpha value is -4.04. The highest BCUT2D eigenvalue weighted by molar-refractivity contribution is 7.90. The van der Waals surface area contributed by atoms with E-state index in [0.717, 1.165) is 6.26 Å². The third kappa shape index (κ3) is 5.07. The Morgan fingerprint density at radius 1 is 0.970 bits per heavy atom. The van der Waals surface area contributed by atoms with Gasteiger partial charge in [-0.3, -0.25) is 4.79 Å². The number of nitrogens with zero attached hydrogens (tertiary/aromatic N) is 2. The minimum atomic E-state index is -3.35. The number of rotatable bonds is 6. The van der Waals surface area contributed by atoms with E-state index in [2.05, 4.69) is 5.10 Å². The monoisotopic (exact) mass is 462 g/mol. The zero-order valence-corrected chi connectivity index (χ0v) is 18.3. The Balaban J connectivity index is 1.74. The molecule has 1 N–H and O–H groups in total. The van der Waals surface area contributed by atoms with Crippen LogP contribution in [0.2, 0.25) is 0 Å². The number of hydrogen-bond donors (Lipinski definition) is 1. The third-order valence-corrected chi connectivity index (χ3v) is 6.08. The predicted octanol–water partition coefficient (Wildman–Crippen LogP) is 4.68.